The van der Waals surface area contributed by atoms with Gasteiger partial charge in [-0.1, -0.05) is 55.8 Å². The molecule has 7 nitrogen and oxygen atoms in total. The lowest BCUT2D eigenvalue weighted by Gasteiger charge is -2.42. The molecule has 4 aromatic rings. The van der Waals surface area contributed by atoms with Crippen molar-refractivity contribution in [1.82, 2.24) is 20.1 Å². The number of rotatable bonds is 5. The average Bonchev–Trinajstić information content (AvgIpc) is 3.52. The highest BCUT2D eigenvalue weighted by Crippen LogP contribution is 2.56. The van der Waals surface area contributed by atoms with Crippen LogP contribution in [0.4, 0.5) is 22.2 Å². The number of benzene rings is 2. The highest BCUT2D eigenvalue weighted by atomic mass is 35.5. The minimum Gasteiger partial charge on any atom is -0.506 e. The molecular formula is C30H33ClN6OS. The average molecular weight is 561 g/mol. The minimum absolute atomic E-state index is 0.122. The number of piperidine rings is 1. The van der Waals surface area contributed by atoms with Gasteiger partial charge in [-0.15, -0.1) is 10.2 Å². The first kappa shape index (κ1) is 26.0. The third-order valence-electron chi connectivity index (χ3n) is 7.65. The fourth-order valence-corrected chi connectivity index (χ4v) is 7.13. The van der Waals surface area contributed by atoms with E-state index in [1.54, 1.807) is 18.5 Å². The molecule has 2 aromatic carbocycles. The van der Waals surface area contributed by atoms with Crippen molar-refractivity contribution in [3.8, 4) is 16.3 Å². The van der Waals surface area contributed by atoms with Gasteiger partial charge in [0.1, 0.15) is 5.75 Å². The number of aromatic nitrogens is 3. The van der Waals surface area contributed by atoms with Gasteiger partial charge in [-0.25, -0.2) is 0 Å². The highest BCUT2D eigenvalue weighted by molar-refractivity contribution is 7.18. The zero-order valence-electron chi connectivity index (χ0n) is 22.5. The van der Waals surface area contributed by atoms with Gasteiger partial charge in [0.15, 0.2) is 5.01 Å². The Balaban J connectivity index is 1.33. The van der Waals surface area contributed by atoms with Crippen molar-refractivity contribution in [2.45, 2.75) is 39.0 Å². The van der Waals surface area contributed by atoms with Crippen LogP contribution in [0.5, 0.6) is 5.75 Å². The molecule has 202 valence electrons. The number of halogens is 1. The molecule has 4 heterocycles. The van der Waals surface area contributed by atoms with Crippen LogP contribution in [0.3, 0.4) is 0 Å². The van der Waals surface area contributed by atoms with Gasteiger partial charge in [0.2, 0.25) is 5.13 Å². The smallest absolute Gasteiger partial charge is 0.210 e. The molecule has 0 unspecified atom stereocenters. The SMILES string of the molecule is CC(C)(C)CN1CCC2(CC1)CN(c1ccccc1Nc1nnc(-c3cccnc3)s1)c1c(O)ccc(Cl)c12. The summed E-state index contributed by atoms with van der Waals surface area (Å²) in [5.74, 6) is 0.257. The van der Waals surface area contributed by atoms with Crippen molar-refractivity contribution in [1.29, 1.82) is 0 Å². The Labute approximate surface area is 238 Å². The van der Waals surface area contributed by atoms with Gasteiger partial charge >= 0.3 is 0 Å². The van der Waals surface area contributed by atoms with Gasteiger partial charge < -0.3 is 20.2 Å². The molecule has 9 heteroatoms. The van der Waals surface area contributed by atoms with Crippen molar-refractivity contribution in [2.24, 2.45) is 5.41 Å². The van der Waals surface area contributed by atoms with Crippen LogP contribution in [-0.4, -0.2) is 51.4 Å². The molecule has 0 aliphatic carbocycles. The van der Waals surface area contributed by atoms with Crippen LogP contribution < -0.4 is 10.2 Å². The summed E-state index contributed by atoms with van der Waals surface area (Å²) in [6.45, 7) is 10.7. The van der Waals surface area contributed by atoms with Crippen LogP contribution in [0.25, 0.3) is 10.6 Å². The first-order valence-electron chi connectivity index (χ1n) is 13.3. The van der Waals surface area contributed by atoms with Gasteiger partial charge in [0.05, 0.1) is 17.1 Å². The summed E-state index contributed by atoms with van der Waals surface area (Å²) in [6.07, 6.45) is 5.53. The van der Waals surface area contributed by atoms with E-state index < -0.39 is 0 Å². The Bertz CT molecular complexity index is 1480. The lowest BCUT2D eigenvalue weighted by Crippen LogP contribution is -2.46. The number of fused-ring (bicyclic) bond motifs is 2. The number of para-hydroxylation sites is 2. The van der Waals surface area contributed by atoms with E-state index >= 15 is 0 Å². The Morgan fingerprint density at radius 2 is 1.85 bits per heavy atom. The van der Waals surface area contributed by atoms with Crippen LogP contribution in [0, 0.1) is 5.41 Å². The van der Waals surface area contributed by atoms with E-state index in [4.69, 9.17) is 11.6 Å². The number of aromatic hydroxyl groups is 1. The van der Waals surface area contributed by atoms with E-state index in [0.717, 1.165) is 77.2 Å². The van der Waals surface area contributed by atoms with E-state index in [1.165, 1.54) is 11.3 Å². The normalized spacial score (nSPS) is 17.0. The molecule has 1 spiro atoms. The van der Waals surface area contributed by atoms with Crippen LogP contribution >= 0.6 is 22.9 Å². The van der Waals surface area contributed by atoms with E-state index in [0.29, 0.717) is 5.13 Å². The van der Waals surface area contributed by atoms with E-state index in [9.17, 15) is 5.11 Å². The number of phenolic OH excluding ortho intramolecular Hbond substituents is 1. The monoisotopic (exact) mass is 560 g/mol. The molecule has 2 N–H and O–H groups in total. The predicted octanol–water partition coefficient (Wildman–Crippen LogP) is 7.23. The first-order chi connectivity index (χ1) is 18.7. The van der Waals surface area contributed by atoms with E-state index in [-0.39, 0.29) is 16.6 Å². The highest BCUT2D eigenvalue weighted by Gasteiger charge is 2.48. The zero-order valence-corrected chi connectivity index (χ0v) is 24.1. The number of nitrogens with zero attached hydrogens (tertiary/aromatic N) is 5. The Morgan fingerprint density at radius 1 is 1.05 bits per heavy atom. The fraction of sp³-hybridized carbons (Fsp3) is 0.367. The van der Waals surface area contributed by atoms with E-state index in [2.05, 4.69) is 57.1 Å². The lowest BCUT2D eigenvalue weighted by molar-refractivity contribution is 0.125. The van der Waals surface area contributed by atoms with Crippen molar-refractivity contribution < 1.29 is 5.11 Å². The Kier molecular flexibility index (Phi) is 6.73. The van der Waals surface area contributed by atoms with Crippen LogP contribution in [0.1, 0.15) is 39.2 Å². The number of phenols is 1. The molecule has 1 saturated heterocycles. The second-order valence-electron chi connectivity index (χ2n) is 11.8. The summed E-state index contributed by atoms with van der Waals surface area (Å²) in [4.78, 5) is 9.00. The third-order valence-corrected chi connectivity index (χ3v) is 8.85. The zero-order chi connectivity index (χ0) is 27.2. The number of likely N-dealkylation sites (tertiary alicyclic amines) is 1. The summed E-state index contributed by atoms with van der Waals surface area (Å²) in [6, 6.07) is 15.6. The largest absolute Gasteiger partial charge is 0.506 e. The summed E-state index contributed by atoms with van der Waals surface area (Å²) in [5.41, 5.74) is 4.83. The molecule has 0 atom stereocenters. The second kappa shape index (κ2) is 10.1. The van der Waals surface area contributed by atoms with Crippen LogP contribution in [0.15, 0.2) is 60.9 Å². The number of pyridine rings is 1. The maximum absolute atomic E-state index is 11.2. The van der Waals surface area contributed by atoms with Crippen molar-refractivity contribution in [2.75, 3.05) is 36.4 Å². The number of hydrogen-bond donors (Lipinski definition) is 2. The topological polar surface area (TPSA) is 77.4 Å². The molecule has 2 aromatic heterocycles. The van der Waals surface area contributed by atoms with Gasteiger partial charge in [-0.2, -0.15) is 0 Å². The van der Waals surface area contributed by atoms with Crippen LogP contribution in [-0.2, 0) is 5.41 Å². The summed E-state index contributed by atoms with van der Waals surface area (Å²) >= 11 is 8.38. The third kappa shape index (κ3) is 5.09. The van der Waals surface area contributed by atoms with Gasteiger partial charge in [-0.05, 0) is 67.7 Å². The molecule has 6 rings (SSSR count). The fourth-order valence-electron chi connectivity index (χ4n) is 6.03. The number of nitrogens with one attached hydrogen (secondary N) is 1. The molecule has 0 saturated carbocycles. The maximum atomic E-state index is 11.2. The van der Waals surface area contributed by atoms with Crippen molar-refractivity contribution >= 4 is 45.1 Å². The summed E-state index contributed by atoms with van der Waals surface area (Å²) in [5, 5.41) is 25.6. The standard InChI is InChI=1S/C30H33ClN6OS/c1-29(2,3)18-36-15-12-30(13-16-36)19-37(26-24(38)11-10-21(31)25(26)30)23-9-5-4-8-22(23)33-28-35-34-27(39-28)20-7-6-14-32-17-20/h4-11,14,17,38H,12-13,15-16,18-19H2,1-3H3,(H,33,35). The molecule has 1 fully saturated rings. The summed E-state index contributed by atoms with van der Waals surface area (Å²) in [7, 11) is 0. The maximum Gasteiger partial charge on any atom is 0.210 e. The molecular weight excluding hydrogens is 528 g/mol. The van der Waals surface area contributed by atoms with Crippen molar-refractivity contribution in [3.63, 3.8) is 0 Å². The van der Waals surface area contributed by atoms with Crippen LogP contribution in [0.2, 0.25) is 5.02 Å². The quantitative estimate of drug-likeness (QED) is 0.266. The lowest BCUT2D eigenvalue weighted by atomic mass is 9.74. The molecule has 0 amide bonds. The minimum atomic E-state index is -0.122. The van der Waals surface area contributed by atoms with E-state index in [1.807, 2.05) is 36.4 Å². The van der Waals surface area contributed by atoms with Crippen molar-refractivity contribution in [3.05, 3.63) is 71.5 Å². The van der Waals surface area contributed by atoms with Gasteiger partial charge in [0.25, 0.3) is 0 Å². The number of hydrogen-bond acceptors (Lipinski definition) is 8. The molecule has 2 aliphatic heterocycles. The molecule has 0 bridgehead atoms. The second-order valence-corrected chi connectivity index (χ2v) is 13.2. The molecule has 2 aliphatic rings. The number of anilines is 4. The Morgan fingerprint density at radius 3 is 2.59 bits per heavy atom. The van der Waals surface area contributed by atoms with Gasteiger partial charge in [-0.3, -0.25) is 4.98 Å². The Hall–Kier alpha value is -3.20. The summed E-state index contributed by atoms with van der Waals surface area (Å²) < 4.78 is 0. The molecule has 39 heavy (non-hydrogen) atoms. The predicted molar refractivity (Wildman–Crippen MR) is 160 cm³/mol. The van der Waals surface area contributed by atoms with Gasteiger partial charge in [0, 0.05) is 47.0 Å². The molecule has 0 radical (unpaired) electrons. The first-order valence-corrected chi connectivity index (χ1v) is 14.5.